The second-order valence-corrected chi connectivity index (χ2v) is 9.87. The second kappa shape index (κ2) is 10.6. The monoisotopic (exact) mass is 446 g/mol. The number of nitrogens with one attached hydrogen (secondary N) is 2. The third-order valence-corrected chi connectivity index (χ3v) is 7.94. The summed E-state index contributed by atoms with van der Waals surface area (Å²) in [4.78, 5) is 28.5. The highest BCUT2D eigenvalue weighted by atomic mass is 32.2. The van der Waals surface area contributed by atoms with Crippen molar-refractivity contribution in [3.63, 3.8) is 0 Å². The van der Waals surface area contributed by atoms with E-state index in [1.807, 2.05) is 35.7 Å². The highest BCUT2D eigenvalue weighted by molar-refractivity contribution is 8.00. The van der Waals surface area contributed by atoms with Crippen LogP contribution in [0.15, 0.2) is 24.3 Å². The Morgan fingerprint density at radius 3 is 2.65 bits per heavy atom. The summed E-state index contributed by atoms with van der Waals surface area (Å²) < 4.78 is 5.50. The molecule has 0 aromatic heterocycles. The summed E-state index contributed by atoms with van der Waals surface area (Å²) in [6.45, 7) is 7.07. The molecule has 3 amide bonds. The molecule has 3 atom stereocenters. The first-order chi connectivity index (χ1) is 15.1. The number of unbranched alkanes of at least 4 members (excludes halogenated alkanes) is 1. The number of carbonyl (C=O) groups is 2. The zero-order valence-electron chi connectivity index (χ0n) is 18.3. The fraction of sp³-hybridized carbons (Fsp3) is 0.652. The summed E-state index contributed by atoms with van der Waals surface area (Å²) in [6, 6.07) is 8.82. The Morgan fingerprint density at radius 1 is 1.13 bits per heavy atom. The Bertz CT molecular complexity index is 752. The number of thioether (sulfide) groups is 1. The predicted octanol–water partition coefficient (Wildman–Crippen LogP) is 2.46. The van der Waals surface area contributed by atoms with Crippen LogP contribution in [0.2, 0.25) is 0 Å². The van der Waals surface area contributed by atoms with Gasteiger partial charge in [-0.3, -0.25) is 9.69 Å². The fourth-order valence-corrected chi connectivity index (χ4v) is 6.24. The van der Waals surface area contributed by atoms with Gasteiger partial charge >= 0.3 is 6.03 Å². The van der Waals surface area contributed by atoms with Crippen LogP contribution in [0.4, 0.5) is 4.79 Å². The van der Waals surface area contributed by atoms with E-state index in [2.05, 4.69) is 27.7 Å². The van der Waals surface area contributed by atoms with E-state index in [1.165, 1.54) is 5.56 Å². The molecule has 1 aromatic carbocycles. The molecule has 0 spiro atoms. The van der Waals surface area contributed by atoms with Gasteiger partial charge in [-0.1, -0.05) is 18.6 Å². The maximum Gasteiger partial charge on any atom is 0.315 e. The van der Waals surface area contributed by atoms with Gasteiger partial charge in [0.05, 0.1) is 18.7 Å². The SMILES string of the molecule is CCOc1ccc(CN2CCN(C(=O)CCCC[C@@H]3SC[C@@H]4NC(=O)N[C@H]43)CC2)cc1. The molecule has 3 aliphatic heterocycles. The van der Waals surface area contributed by atoms with Crippen molar-refractivity contribution in [3.05, 3.63) is 29.8 Å². The minimum atomic E-state index is -0.0304. The van der Waals surface area contributed by atoms with E-state index in [1.54, 1.807) is 0 Å². The number of nitrogens with zero attached hydrogens (tertiary/aromatic N) is 2. The molecular formula is C23H34N4O3S. The fourth-order valence-electron chi connectivity index (χ4n) is 4.69. The molecule has 1 aromatic rings. The van der Waals surface area contributed by atoms with Crippen LogP contribution in [0.25, 0.3) is 0 Å². The van der Waals surface area contributed by atoms with Gasteiger partial charge in [0.15, 0.2) is 0 Å². The van der Waals surface area contributed by atoms with Crippen molar-refractivity contribution in [1.82, 2.24) is 20.4 Å². The number of hydrogen-bond donors (Lipinski definition) is 2. The van der Waals surface area contributed by atoms with E-state index >= 15 is 0 Å². The molecule has 3 heterocycles. The highest BCUT2D eigenvalue weighted by Gasteiger charge is 2.42. The average molecular weight is 447 g/mol. The largest absolute Gasteiger partial charge is 0.494 e. The summed E-state index contributed by atoms with van der Waals surface area (Å²) in [6.07, 6.45) is 3.67. The summed E-state index contributed by atoms with van der Waals surface area (Å²) in [7, 11) is 0. The maximum atomic E-state index is 12.6. The number of fused-ring (bicyclic) bond motifs is 1. The lowest BCUT2D eigenvalue weighted by Gasteiger charge is -2.35. The van der Waals surface area contributed by atoms with Gasteiger partial charge in [0.1, 0.15) is 5.75 Å². The molecule has 4 rings (SSSR count). The molecule has 3 fully saturated rings. The van der Waals surface area contributed by atoms with Crippen LogP contribution < -0.4 is 15.4 Å². The molecule has 0 saturated carbocycles. The van der Waals surface area contributed by atoms with Crippen molar-refractivity contribution in [3.8, 4) is 5.75 Å². The molecule has 8 heteroatoms. The van der Waals surface area contributed by atoms with Crippen LogP contribution in [0, 0.1) is 0 Å². The molecule has 3 saturated heterocycles. The number of ether oxygens (including phenoxy) is 1. The van der Waals surface area contributed by atoms with Crippen LogP contribution >= 0.6 is 11.8 Å². The molecule has 31 heavy (non-hydrogen) atoms. The van der Waals surface area contributed by atoms with Gasteiger partial charge in [-0.2, -0.15) is 11.8 Å². The number of amides is 3. The summed E-state index contributed by atoms with van der Waals surface area (Å²) in [5, 5.41) is 6.50. The Kier molecular flexibility index (Phi) is 7.61. The van der Waals surface area contributed by atoms with Crippen molar-refractivity contribution < 1.29 is 14.3 Å². The Balaban J connectivity index is 1.11. The van der Waals surface area contributed by atoms with Crippen LogP contribution in [0.1, 0.15) is 38.2 Å². The van der Waals surface area contributed by atoms with Gasteiger partial charge in [0.25, 0.3) is 0 Å². The zero-order chi connectivity index (χ0) is 21.6. The molecule has 0 aliphatic carbocycles. The van der Waals surface area contributed by atoms with Gasteiger partial charge in [-0.25, -0.2) is 4.79 Å². The first-order valence-corrected chi connectivity index (χ1v) is 12.6. The number of carbonyl (C=O) groups excluding carboxylic acids is 2. The van der Waals surface area contributed by atoms with Gasteiger partial charge in [0.2, 0.25) is 5.91 Å². The molecule has 2 N–H and O–H groups in total. The second-order valence-electron chi connectivity index (χ2n) is 8.60. The van der Waals surface area contributed by atoms with E-state index < -0.39 is 0 Å². The predicted molar refractivity (Wildman–Crippen MR) is 123 cm³/mol. The molecule has 0 radical (unpaired) electrons. The maximum absolute atomic E-state index is 12.6. The Hall–Kier alpha value is -1.93. The Morgan fingerprint density at radius 2 is 1.90 bits per heavy atom. The summed E-state index contributed by atoms with van der Waals surface area (Å²) in [5.74, 6) is 2.19. The standard InChI is InChI=1S/C23H34N4O3S/c1-2-30-18-9-7-17(8-10-18)15-26-11-13-27(14-12-26)21(28)6-4-3-5-20-22-19(16-31-20)24-23(29)25-22/h7-10,19-20,22H,2-6,11-16H2,1H3,(H2,24,25,29)/t19-,20-,22+/m0/s1. The van der Waals surface area contributed by atoms with Crippen LogP contribution in [0.3, 0.4) is 0 Å². The van der Waals surface area contributed by atoms with Gasteiger partial charge in [-0.15, -0.1) is 0 Å². The lowest BCUT2D eigenvalue weighted by atomic mass is 10.0. The molecule has 170 valence electrons. The van der Waals surface area contributed by atoms with Gasteiger partial charge in [0, 0.05) is 50.1 Å². The van der Waals surface area contributed by atoms with E-state index in [-0.39, 0.29) is 24.0 Å². The normalized spacial score (nSPS) is 25.8. The smallest absolute Gasteiger partial charge is 0.315 e. The minimum absolute atomic E-state index is 0.0304. The zero-order valence-corrected chi connectivity index (χ0v) is 19.2. The van der Waals surface area contributed by atoms with Crippen LogP contribution in [0.5, 0.6) is 5.75 Å². The number of benzene rings is 1. The third-order valence-electron chi connectivity index (χ3n) is 6.43. The van der Waals surface area contributed by atoms with Gasteiger partial charge in [-0.05, 0) is 37.5 Å². The highest BCUT2D eigenvalue weighted by Crippen LogP contribution is 2.33. The number of piperazine rings is 1. The lowest BCUT2D eigenvalue weighted by Crippen LogP contribution is -2.48. The van der Waals surface area contributed by atoms with Crippen molar-refractivity contribution in [2.45, 2.75) is 56.5 Å². The van der Waals surface area contributed by atoms with E-state index in [0.29, 0.717) is 18.3 Å². The van der Waals surface area contributed by atoms with E-state index in [9.17, 15) is 9.59 Å². The quantitative estimate of drug-likeness (QED) is 0.450. The van der Waals surface area contributed by atoms with E-state index in [0.717, 1.165) is 63.5 Å². The topological polar surface area (TPSA) is 73.9 Å². The first kappa shape index (κ1) is 22.3. The average Bonchev–Trinajstić information content (AvgIpc) is 3.32. The van der Waals surface area contributed by atoms with Crippen molar-refractivity contribution in [2.24, 2.45) is 0 Å². The van der Waals surface area contributed by atoms with E-state index in [4.69, 9.17) is 4.74 Å². The third kappa shape index (κ3) is 5.86. The number of hydrogen-bond acceptors (Lipinski definition) is 5. The van der Waals surface area contributed by atoms with Crippen molar-refractivity contribution in [2.75, 3.05) is 38.5 Å². The molecule has 0 bridgehead atoms. The lowest BCUT2D eigenvalue weighted by molar-refractivity contribution is -0.133. The number of urea groups is 1. The molecule has 3 aliphatic rings. The Labute approximate surface area is 189 Å². The number of rotatable bonds is 9. The van der Waals surface area contributed by atoms with Crippen molar-refractivity contribution in [1.29, 1.82) is 0 Å². The summed E-state index contributed by atoms with van der Waals surface area (Å²) in [5.41, 5.74) is 1.28. The first-order valence-electron chi connectivity index (χ1n) is 11.5. The van der Waals surface area contributed by atoms with Crippen LogP contribution in [-0.4, -0.2) is 77.6 Å². The molecular weight excluding hydrogens is 412 g/mol. The minimum Gasteiger partial charge on any atom is -0.494 e. The van der Waals surface area contributed by atoms with Crippen molar-refractivity contribution >= 4 is 23.7 Å². The van der Waals surface area contributed by atoms with Gasteiger partial charge < -0.3 is 20.3 Å². The van der Waals surface area contributed by atoms with Crippen LogP contribution in [-0.2, 0) is 11.3 Å². The molecule has 7 nitrogen and oxygen atoms in total. The molecule has 0 unspecified atom stereocenters. The summed E-state index contributed by atoms with van der Waals surface area (Å²) >= 11 is 1.94.